The van der Waals surface area contributed by atoms with E-state index >= 15 is 0 Å². The lowest BCUT2D eigenvalue weighted by Gasteiger charge is -2.37. The van der Waals surface area contributed by atoms with Crippen molar-refractivity contribution < 1.29 is 9.32 Å². The third kappa shape index (κ3) is 3.81. The van der Waals surface area contributed by atoms with Gasteiger partial charge in [0.25, 0.3) is 5.91 Å². The van der Waals surface area contributed by atoms with E-state index in [0.29, 0.717) is 18.3 Å². The number of hydrogen-bond donors (Lipinski definition) is 0. The van der Waals surface area contributed by atoms with Crippen molar-refractivity contribution in [2.45, 2.75) is 32.0 Å². The molecule has 1 amide bonds. The van der Waals surface area contributed by atoms with Gasteiger partial charge in [-0.25, -0.2) is 0 Å². The van der Waals surface area contributed by atoms with Crippen LogP contribution in [0.25, 0.3) is 0 Å². The highest BCUT2D eigenvalue weighted by Crippen LogP contribution is 2.22. The van der Waals surface area contributed by atoms with E-state index in [0.717, 1.165) is 31.9 Å². The van der Waals surface area contributed by atoms with Gasteiger partial charge in [-0.15, -0.1) is 0 Å². The van der Waals surface area contributed by atoms with Gasteiger partial charge >= 0.3 is 0 Å². The quantitative estimate of drug-likeness (QED) is 0.824. The van der Waals surface area contributed by atoms with E-state index in [1.165, 1.54) is 24.9 Å². The summed E-state index contributed by atoms with van der Waals surface area (Å²) in [6.07, 6.45) is 2.44. The number of nitrogens with zero attached hydrogens (tertiary/aromatic N) is 4. The number of carbonyl (C=O) groups is 1. The fourth-order valence-corrected chi connectivity index (χ4v) is 4.04. The van der Waals surface area contributed by atoms with Crippen molar-refractivity contribution in [1.82, 2.24) is 19.9 Å². The molecule has 138 valence electrons. The van der Waals surface area contributed by atoms with Crippen LogP contribution in [0.15, 0.2) is 40.9 Å². The van der Waals surface area contributed by atoms with Crippen LogP contribution < -0.4 is 0 Å². The van der Waals surface area contributed by atoms with Crippen LogP contribution in [0.2, 0.25) is 0 Å². The normalized spacial score (nSPS) is 20.5. The van der Waals surface area contributed by atoms with E-state index in [2.05, 4.69) is 27.1 Å². The maximum Gasteiger partial charge on any atom is 0.276 e. The largest absolute Gasteiger partial charge is 0.359 e. The molecule has 2 fully saturated rings. The first kappa shape index (κ1) is 17.2. The monoisotopic (exact) mass is 354 g/mol. The zero-order chi connectivity index (χ0) is 17.9. The van der Waals surface area contributed by atoms with E-state index in [9.17, 15) is 4.79 Å². The van der Waals surface area contributed by atoms with Crippen molar-refractivity contribution in [3.63, 3.8) is 0 Å². The van der Waals surface area contributed by atoms with E-state index in [1.807, 2.05) is 30.1 Å². The molecule has 26 heavy (non-hydrogen) atoms. The number of amides is 1. The summed E-state index contributed by atoms with van der Waals surface area (Å²) in [7, 11) is 2.04. The molecule has 1 aromatic heterocycles. The van der Waals surface area contributed by atoms with Crippen LogP contribution in [0.5, 0.6) is 0 Å². The first-order valence-electron chi connectivity index (χ1n) is 9.40. The summed E-state index contributed by atoms with van der Waals surface area (Å²) in [6.45, 7) is 5.20. The van der Waals surface area contributed by atoms with Gasteiger partial charge in [0.15, 0.2) is 11.5 Å². The molecule has 2 saturated heterocycles. The summed E-state index contributed by atoms with van der Waals surface area (Å²) < 4.78 is 5.42. The van der Waals surface area contributed by atoms with Gasteiger partial charge in [-0.3, -0.25) is 14.6 Å². The van der Waals surface area contributed by atoms with E-state index in [4.69, 9.17) is 4.52 Å². The second-order valence-electron chi connectivity index (χ2n) is 7.42. The minimum atomic E-state index is -0.00253. The minimum absolute atomic E-state index is 0.00253. The van der Waals surface area contributed by atoms with Crippen LogP contribution in [0.4, 0.5) is 0 Å². The molecule has 0 unspecified atom stereocenters. The maximum atomic E-state index is 12.7. The molecule has 0 saturated carbocycles. The van der Waals surface area contributed by atoms with Crippen molar-refractivity contribution in [2.75, 3.05) is 33.2 Å². The lowest BCUT2D eigenvalue weighted by atomic mass is 10.1. The van der Waals surface area contributed by atoms with Gasteiger partial charge < -0.3 is 9.42 Å². The summed E-state index contributed by atoms with van der Waals surface area (Å²) in [4.78, 5) is 19.3. The van der Waals surface area contributed by atoms with E-state index < -0.39 is 0 Å². The number of carbonyl (C=O) groups excluding carboxylic acids is 1. The van der Waals surface area contributed by atoms with Gasteiger partial charge in [0.2, 0.25) is 0 Å². The average Bonchev–Trinajstić information content (AvgIpc) is 3.30. The number of aromatic nitrogens is 1. The first-order valence-corrected chi connectivity index (χ1v) is 9.40. The molecule has 0 aliphatic carbocycles. The summed E-state index contributed by atoms with van der Waals surface area (Å²) in [5, 5.41) is 4.03. The van der Waals surface area contributed by atoms with Crippen LogP contribution in [0.1, 0.15) is 34.7 Å². The SMILES string of the molecule is CN(Cc1ccccc1)Cc1cc(C(=O)N2CCN3CCC[C@@H]3C2)no1. The summed E-state index contributed by atoms with van der Waals surface area (Å²) in [5.41, 5.74) is 1.68. The Hall–Kier alpha value is -2.18. The summed E-state index contributed by atoms with van der Waals surface area (Å²) in [5.74, 6) is 0.726. The third-order valence-electron chi connectivity index (χ3n) is 5.37. The van der Waals surface area contributed by atoms with Gasteiger partial charge in [-0.05, 0) is 32.0 Å². The van der Waals surface area contributed by atoms with Crippen LogP contribution in [0.3, 0.4) is 0 Å². The zero-order valence-electron chi connectivity index (χ0n) is 15.3. The molecular formula is C20H26N4O2. The number of rotatable bonds is 5. The van der Waals surface area contributed by atoms with E-state index in [1.54, 1.807) is 6.07 Å². The first-order chi connectivity index (χ1) is 12.7. The lowest BCUT2D eigenvalue weighted by Crippen LogP contribution is -2.52. The summed E-state index contributed by atoms with van der Waals surface area (Å²) in [6, 6.07) is 12.6. The van der Waals surface area contributed by atoms with Crippen molar-refractivity contribution in [1.29, 1.82) is 0 Å². The van der Waals surface area contributed by atoms with Crippen LogP contribution in [-0.2, 0) is 13.1 Å². The molecular weight excluding hydrogens is 328 g/mol. The highest BCUT2D eigenvalue weighted by atomic mass is 16.5. The van der Waals surface area contributed by atoms with Crippen molar-refractivity contribution in [3.8, 4) is 0 Å². The predicted octanol–water partition coefficient (Wildman–Crippen LogP) is 2.23. The molecule has 2 aromatic rings. The Kier molecular flexibility index (Phi) is 5.04. The molecule has 1 aromatic carbocycles. The Bertz CT molecular complexity index is 745. The van der Waals surface area contributed by atoms with Crippen molar-refractivity contribution in [3.05, 3.63) is 53.4 Å². The fraction of sp³-hybridized carbons (Fsp3) is 0.500. The molecule has 6 nitrogen and oxygen atoms in total. The number of fused-ring (bicyclic) bond motifs is 1. The smallest absolute Gasteiger partial charge is 0.276 e. The Balaban J connectivity index is 1.34. The second kappa shape index (κ2) is 7.60. The van der Waals surface area contributed by atoms with Gasteiger partial charge in [-0.1, -0.05) is 35.5 Å². The molecule has 3 heterocycles. The Labute approximate surface area is 154 Å². The van der Waals surface area contributed by atoms with Crippen LogP contribution in [-0.4, -0.2) is 65.0 Å². The molecule has 1 atom stereocenters. The Morgan fingerprint density at radius 2 is 2.08 bits per heavy atom. The number of hydrogen-bond acceptors (Lipinski definition) is 5. The molecule has 0 spiro atoms. The zero-order valence-corrected chi connectivity index (χ0v) is 15.3. The Morgan fingerprint density at radius 3 is 2.92 bits per heavy atom. The Morgan fingerprint density at radius 1 is 1.23 bits per heavy atom. The number of benzene rings is 1. The predicted molar refractivity (Wildman–Crippen MR) is 98.6 cm³/mol. The fourth-order valence-electron chi connectivity index (χ4n) is 4.04. The van der Waals surface area contributed by atoms with Crippen molar-refractivity contribution in [2.24, 2.45) is 0 Å². The van der Waals surface area contributed by atoms with E-state index in [-0.39, 0.29) is 5.91 Å². The summed E-state index contributed by atoms with van der Waals surface area (Å²) >= 11 is 0. The third-order valence-corrected chi connectivity index (χ3v) is 5.37. The molecule has 0 N–H and O–H groups in total. The standard InChI is InChI=1S/C20H26N4O2/c1-22(13-16-6-3-2-4-7-16)15-18-12-19(21-26-18)20(25)24-11-10-23-9-5-8-17(23)14-24/h2-4,6-7,12,17H,5,8-11,13-15H2,1H3/t17-/m1/s1. The molecule has 0 radical (unpaired) electrons. The molecule has 6 heteroatoms. The van der Waals surface area contributed by atoms with Gasteiger partial charge in [0.05, 0.1) is 6.54 Å². The maximum absolute atomic E-state index is 12.7. The average molecular weight is 354 g/mol. The molecule has 4 rings (SSSR count). The van der Waals surface area contributed by atoms with Crippen molar-refractivity contribution >= 4 is 5.91 Å². The number of piperazine rings is 1. The highest BCUT2D eigenvalue weighted by molar-refractivity contribution is 5.92. The topological polar surface area (TPSA) is 52.8 Å². The van der Waals surface area contributed by atoms with Crippen LogP contribution in [0, 0.1) is 0 Å². The second-order valence-corrected chi connectivity index (χ2v) is 7.42. The minimum Gasteiger partial charge on any atom is -0.359 e. The molecule has 2 aliphatic rings. The van der Waals surface area contributed by atoms with Gasteiger partial charge in [-0.2, -0.15) is 0 Å². The van der Waals surface area contributed by atoms with Gasteiger partial charge in [0, 0.05) is 38.3 Å². The molecule has 0 bridgehead atoms. The van der Waals surface area contributed by atoms with Crippen LogP contribution >= 0.6 is 0 Å². The van der Waals surface area contributed by atoms with Gasteiger partial charge in [0.1, 0.15) is 0 Å². The molecule has 2 aliphatic heterocycles. The highest BCUT2D eigenvalue weighted by Gasteiger charge is 2.33. The lowest BCUT2D eigenvalue weighted by molar-refractivity contribution is 0.0561.